The minimum absolute atomic E-state index is 0.115. The molecule has 51 heavy (non-hydrogen) atoms. The second-order valence-corrected chi connectivity index (χ2v) is 15.7. The average Bonchev–Trinajstić information content (AvgIpc) is 3.10. The highest BCUT2D eigenvalue weighted by molar-refractivity contribution is 5.70. The molecule has 6 heteroatoms. The molecule has 0 aliphatic heterocycles. The number of nitrogens with zero attached hydrogens (tertiary/aromatic N) is 1. The highest BCUT2D eigenvalue weighted by Gasteiger charge is 2.26. The van der Waals surface area contributed by atoms with Gasteiger partial charge in [0.15, 0.2) is 6.10 Å². The second-order valence-electron chi connectivity index (χ2n) is 15.7. The fourth-order valence-electron chi connectivity index (χ4n) is 6.60. The van der Waals surface area contributed by atoms with Crippen molar-refractivity contribution in [3.05, 3.63) is 24.3 Å². The van der Waals surface area contributed by atoms with Gasteiger partial charge in [-0.05, 0) is 77.0 Å². The fraction of sp³-hybridized carbons (Fsp3) is 0.867. The van der Waals surface area contributed by atoms with Crippen molar-refractivity contribution in [2.24, 2.45) is 0 Å². The zero-order valence-electron chi connectivity index (χ0n) is 34.5. The standard InChI is InChI=1S/C45H86NO5/c1-5-7-9-11-13-15-17-19-21-23-25-27-29-31-33-37-44(48)50-42-43(41-46(3,4)39-35-36-40-47)51-45(49)38-34-32-30-28-26-24-22-20-18-16-14-12-10-8-6-2/h19-22,43,47H,5-18,23-42H2,1-4H3/q+1/b21-19-,22-20-. The number of quaternary nitrogens is 1. The maximum Gasteiger partial charge on any atom is 0.306 e. The molecule has 6 nitrogen and oxygen atoms in total. The third-order valence-electron chi connectivity index (χ3n) is 9.88. The van der Waals surface area contributed by atoms with E-state index in [1.807, 2.05) is 0 Å². The first kappa shape index (κ1) is 49.3. The largest absolute Gasteiger partial charge is 0.461 e. The molecule has 0 aromatic heterocycles. The molecule has 1 atom stereocenters. The Kier molecular flexibility index (Phi) is 36.8. The number of ether oxygens (including phenoxy) is 2. The zero-order chi connectivity index (χ0) is 37.5. The van der Waals surface area contributed by atoms with Crippen LogP contribution in [-0.4, -0.2) is 68.0 Å². The summed E-state index contributed by atoms with van der Waals surface area (Å²) in [7, 11) is 4.21. The van der Waals surface area contributed by atoms with Gasteiger partial charge in [0.25, 0.3) is 0 Å². The molecule has 300 valence electrons. The normalized spacial score (nSPS) is 12.6. The van der Waals surface area contributed by atoms with Crippen molar-refractivity contribution in [1.82, 2.24) is 0 Å². The number of aliphatic hydroxyl groups excluding tert-OH is 1. The predicted molar refractivity (Wildman–Crippen MR) is 218 cm³/mol. The number of hydrogen-bond acceptors (Lipinski definition) is 5. The molecular formula is C45H86NO5+. The van der Waals surface area contributed by atoms with Crippen molar-refractivity contribution in [2.45, 2.75) is 213 Å². The number of aliphatic hydroxyl groups is 1. The second kappa shape index (κ2) is 38.1. The van der Waals surface area contributed by atoms with Crippen LogP contribution in [-0.2, 0) is 19.1 Å². The van der Waals surface area contributed by atoms with E-state index < -0.39 is 6.10 Å². The van der Waals surface area contributed by atoms with E-state index in [0.717, 1.165) is 70.8 Å². The summed E-state index contributed by atoms with van der Waals surface area (Å²) in [5.41, 5.74) is 0. The highest BCUT2D eigenvalue weighted by Crippen LogP contribution is 2.14. The summed E-state index contributed by atoms with van der Waals surface area (Å²) in [6.45, 7) is 6.28. The van der Waals surface area contributed by atoms with Crippen LogP contribution in [0.2, 0.25) is 0 Å². The minimum Gasteiger partial charge on any atom is -0.461 e. The van der Waals surface area contributed by atoms with Crippen molar-refractivity contribution in [2.75, 3.05) is 40.4 Å². The van der Waals surface area contributed by atoms with Crippen LogP contribution in [0.5, 0.6) is 0 Å². The van der Waals surface area contributed by atoms with Gasteiger partial charge in [0.2, 0.25) is 0 Å². The first-order valence-electron chi connectivity index (χ1n) is 21.9. The van der Waals surface area contributed by atoms with Crippen LogP contribution in [0, 0.1) is 0 Å². The van der Waals surface area contributed by atoms with Crippen molar-refractivity contribution in [3.63, 3.8) is 0 Å². The van der Waals surface area contributed by atoms with Gasteiger partial charge in [-0.3, -0.25) is 9.59 Å². The first-order chi connectivity index (χ1) is 24.8. The van der Waals surface area contributed by atoms with Crippen LogP contribution in [0.3, 0.4) is 0 Å². The van der Waals surface area contributed by atoms with Gasteiger partial charge in [-0.1, -0.05) is 141 Å². The summed E-state index contributed by atoms with van der Waals surface area (Å²) in [6, 6.07) is 0. The Morgan fingerprint density at radius 1 is 0.529 bits per heavy atom. The lowest BCUT2D eigenvalue weighted by Crippen LogP contribution is -2.48. The van der Waals surface area contributed by atoms with Gasteiger partial charge in [0, 0.05) is 19.4 Å². The number of esters is 2. The third kappa shape index (κ3) is 37.9. The molecule has 1 N–H and O–H groups in total. The molecule has 0 fully saturated rings. The number of allylic oxidation sites excluding steroid dienone is 4. The van der Waals surface area contributed by atoms with Gasteiger partial charge in [0.1, 0.15) is 13.2 Å². The molecule has 0 spiro atoms. The summed E-state index contributed by atoms with van der Waals surface area (Å²) in [5.74, 6) is -0.391. The van der Waals surface area contributed by atoms with Crippen molar-refractivity contribution in [1.29, 1.82) is 0 Å². The predicted octanol–water partition coefficient (Wildman–Crippen LogP) is 12.4. The third-order valence-corrected chi connectivity index (χ3v) is 9.88. The number of likely N-dealkylation sites (N-methyl/N-ethyl adjacent to an activating group) is 1. The fourth-order valence-corrected chi connectivity index (χ4v) is 6.60. The maximum atomic E-state index is 12.8. The first-order valence-corrected chi connectivity index (χ1v) is 21.9. The molecule has 0 heterocycles. The topological polar surface area (TPSA) is 72.8 Å². The lowest BCUT2D eigenvalue weighted by Gasteiger charge is -2.33. The summed E-state index contributed by atoms with van der Waals surface area (Å²) >= 11 is 0. The quantitative estimate of drug-likeness (QED) is 0.0296. The van der Waals surface area contributed by atoms with E-state index in [2.05, 4.69) is 52.2 Å². The molecule has 0 aliphatic carbocycles. The van der Waals surface area contributed by atoms with E-state index in [-0.39, 0.29) is 25.2 Å². The summed E-state index contributed by atoms with van der Waals surface area (Å²) < 4.78 is 12.2. The Hall–Kier alpha value is -1.66. The minimum atomic E-state index is -0.456. The van der Waals surface area contributed by atoms with E-state index in [1.165, 1.54) is 116 Å². The number of unbranched alkanes of at least 4 members (excludes halogenated alkanes) is 23. The van der Waals surface area contributed by atoms with E-state index in [4.69, 9.17) is 9.47 Å². The monoisotopic (exact) mass is 721 g/mol. The van der Waals surface area contributed by atoms with E-state index >= 15 is 0 Å². The van der Waals surface area contributed by atoms with Crippen LogP contribution < -0.4 is 0 Å². The molecule has 0 aliphatic rings. The summed E-state index contributed by atoms with van der Waals surface area (Å²) in [6.07, 6.45) is 43.3. The van der Waals surface area contributed by atoms with Crippen LogP contribution in [0.15, 0.2) is 24.3 Å². The van der Waals surface area contributed by atoms with Gasteiger partial charge in [0.05, 0.1) is 20.6 Å². The van der Waals surface area contributed by atoms with Crippen LogP contribution in [0.1, 0.15) is 206 Å². The number of hydrogen-bond donors (Lipinski definition) is 1. The lowest BCUT2D eigenvalue weighted by molar-refractivity contribution is -0.893. The van der Waals surface area contributed by atoms with Gasteiger partial charge in [-0.2, -0.15) is 0 Å². The molecule has 0 saturated carbocycles. The van der Waals surface area contributed by atoms with E-state index in [9.17, 15) is 14.7 Å². The molecule has 0 rings (SSSR count). The van der Waals surface area contributed by atoms with E-state index in [1.54, 1.807) is 0 Å². The Bertz CT molecular complexity index is 823. The zero-order valence-corrected chi connectivity index (χ0v) is 34.5. The Morgan fingerprint density at radius 3 is 1.35 bits per heavy atom. The highest BCUT2D eigenvalue weighted by atomic mass is 16.6. The molecule has 0 saturated heterocycles. The number of carbonyl (C=O) groups excluding carboxylic acids is 2. The molecule has 1 unspecified atom stereocenters. The lowest BCUT2D eigenvalue weighted by atomic mass is 10.1. The van der Waals surface area contributed by atoms with Crippen LogP contribution >= 0.6 is 0 Å². The van der Waals surface area contributed by atoms with Gasteiger partial charge in [-0.25, -0.2) is 0 Å². The molecule has 0 aromatic rings. The molecular weight excluding hydrogens is 634 g/mol. The van der Waals surface area contributed by atoms with Gasteiger partial charge >= 0.3 is 11.9 Å². The van der Waals surface area contributed by atoms with Crippen LogP contribution in [0.4, 0.5) is 0 Å². The maximum absolute atomic E-state index is 12.8. The van der Waals surface area contributed by atoms with Crippen LogP contribution in [0.25, 0.3) is 0 Å². The van der Waals surface area contributed by atoms with Crippen molar-refractivity contribution >= 4 is 11.9 Å². The molecule has 0 amide bonds. The number of carbonyl (C=O) groups is 2. The molecule has 0 aromatic carbocycles. The Morgan fingerprint density at radius 2 is 0.922 bits per heavy atom. The smallest absolute Gasteiger partial charge is 0.306 e. The Labute approximate surface area is 317 Å². The molecule has 0 radical (unpaired) electrons. The summed E-state index contributed by atoms with van der Waals surface area (Å²) in [4.78, 5) is 25.4. The summed E-state index contributed by atoms with van der Waals surface area (Å²) in [5, 5.41) is 9.21. The Balaban J connectivity index is 4.22. The SMILES string of the molecule is CCCCCCCC/C=C\CCCCCCCC(=O)OCC(C[N+](C)(C)CCCCO)OC(=O)CCCCCCC/C=C\CCCCCCCC. The van der Waals surface area contributed by atoms with Crippen molar-refractivity contribution in [3.8, 4) is 0 Å². The van der Waals surface area contributed by atoms with Crippen molar-refractivity contribution < 1.29 is 28.7 Å². The number of rotatable bonds is 39. The van der Waals surface area contributed by atoms with Gasteiger partial charge in [-0.15, -0.1) is 0 Å². The average molecular weight is 721 g/mol. The van der Waals surface area contributed by atoms with E-state index in [0.29, 0.717) is 23.9 Å². The van der Waals surface area contributed by atoms with Gasteiger partial charge < -0.3 is 19.1 Å². The molecule has 0 bridgehead atoms.